The Hall–Kier alpha value is -1.55. The lowest BCUT2D eigenvalue weighted by Gasteiger charge is -2.14. The van der Waals surface area contributed by atoms with E-state index in [1.165, 1.54) is 12.8 Å². The summed E-state index contributed by atoms with van der Waals surface area (Å²) in [6, 6.07) is 8.18. The largest absolute Gasteiger partial charge is 0.489 e. The van der Waals surface area contributed by atoms with E-state index in [4.69, 9.17) is 4.74 Å². The number of ether oxygens (including phenoxy) is 1. The highest BCUT2D eigenvalue weighted by Crippen LogP contribution is 2.25. The maximum atomic E-state index is 11.8. The fraction of sp³-hybridized carbons (Fsp3) is 0.533. The first kappa shape index (κ1) is 13.9. The molecule has 0 radical (unpaired) electrons. The van der Waals surface area contributed by atoms with Gasteiger partial charge in [-0.15, -0.1) is 0 Å². The third-order valence-corrected chi connectivity index (χ3v) is 2.89. The predicted molar refractivity (Wildman–Crippen MR) is 76.5 cm³/mol. The van der Waals surface area contributed by atoms with Gasteiger partial charge in [-0.1, -0.05) is 12.1 Å². The first-order chi connectivity index (χ1) is 9.15. The standard InChI is InChI=1S/C15H22N2O2/c1-11(2)19-14-6-4-3-5-13(14)17-15(18)9-10-16-12-7-8-12/h3-6,11-12,16H,7-10H2,1-2H3,(H,17,18). The van der Waals surface area contributed by atoms with Crippen molar-refractivity contribution in [2.24, 2.45) is 0 Å². The molecule has 0 spiro atoms. The highest BCUT2D eigenvalue weighted by atomic mass is 16.5. The fourth-order valence-electron chi connectivity index (χ4n) is 1.82. The molecule has 0 aliphatic heterocycles. The van der Waals surface area contributed by atoms with Crippen LogP contribution in [0.2, 0.25) is 0 Å². The second kappa shape index (κ2) is 6.57. The van der Waals surface area contributed by atoms with Gasteiger partial charge in [-0.3, -0.25) is 4.79 Å². The Morgan fingerprint density at radius 3 is 2.79 bits per heavy atom. The van der Waals surface area contributed by atoms with E-state index in [2.05, 4.69) is 10.6 Å². The van der Waals surface area contributed by atoms with E-state index in [-0.39, 0.29) is 12.0 Å². The fourth-order valence-corrected chi connectivity index (χ4v) is 1.82. The van der Waals surface area contributed by atoms with Gasteiger partial charge in [0.25, 0.3) is 0 Å². The van der Waals surface area contributed by atoms with Gasteiger partial charge in [0.2, 0.25) is 5.91 Å². The van der Waals surface area contributed by atoms with Crippen LogP contribution in [0.25, 0.3) is 0 Å². The van der Waals surface area contributed by atoms with Gasteiger partial charge in [-0.25, -0.2) is 0 Å². The highest BCUT2D eigenvalue weighted by Gasteiger charge is 2.20. The molecule has 1 saturated carbocycles. The predicted octanol–water partition coefficient (Wildman–Crippen LogP) is 2.55. The molecule has 1 aliphatic carbocycles. The number of hydrogen-bond donors (Lipinski definition) is 2. The van der Waals surface area contributed by atoms with Crippen LogP contribution in [0.1, 0.15) is 33.1 Å². The number of amides is 1. The lowest BCUT2D eigenvalue weighted by molar-refractivity contribution is -0.116. The summed E-state index contributed by atoms with van der Waals surface area (Å²) in [5.41, 5.74) is 0.743. The average Bonchev–Trinajstić information content (AvgIpc) is 3.15. The van der Waals surface area contributed by atoms with Gasteiger partial charge in [0, 0.05) is 19.0 Å². The number of benzene rings is 1. The number of carbonyl (C=O) groups is 1. The van der Waals surface area contributed by atoms with Gasteiger partial charge in [-0.2, -0.15) is 0 Å². The van der Waals surface area contributed by atoms with Crippen LogP contribution in [0.15, 0.2) is 24.3 Å². The number of carbonyl (C=O) groups excluding carboxylic acids is 1. The van der Waals surface area contributed by atoms with Gasteiger partial charge in [0.15, 0.2) is 0 Å². The Labute approximate surface area is 114 Å². The van der Waals surface area contributed by atoms with Crippen molar-refractivity contribution >= 4 is 11.6 Å². The molecule has 0 bridgehead atoms. The maximum Gasteiger partial charge on any atom is 0.225 e. The van der Waals surface area contributed by atoms with E-state index in [9.17, 15) is 4.79 Å². The van der Waals surface area contributed by atoms with E-state index in [0.29, 0.717) is 12.5 Å². The second-order valence-electron chi connectivity index (χ2n) is 5.19. The minimum absolute atomic E-state index is 0.0213. The molecule has 1 aromatic rings. The van der Waals surface area contributed by atoms with Crippen LogP contribution in [0.4, 0.5) is 5.69 Å². The van der Waals surface area contributed by atoms with Gasteiger partial charge in [0.05, 0.1) is 11.8 Å². The van der Waals surface area contributed by atoms with Crippen molar-refractivity contribution in [1.29, 1.82) is 0 Å². The molecule has 4 heteroatoms. The summed E-state index contributed by atoms with van der Waals surface area (Å²) >= 11 is 0. The van der Waals surface area contributed by atoms with Crippen molar-refractivity contribution in [3.05, 3.63) is 24.3 Å². The van der Waals surface area contributed by atoms with Crippen molar-refractivity contribution in [3.63, 3.8) is 0 Å². The molecule has 1 aliphatic rings. The van der Waals surface area contributed by atoms with Crippen LogP contribution in [0, 0.1) is 0 Å². The molecule has 0 saturated heterocycles. The Bertz CT molecular complexity index is 428. The average molecular weight is 262 g/mol. The summed E-state index contributed by atoms with van der Waals surface area (Å²) in [6.45, 7) is 4.68. The van der Waals surface area contributed by atoms with Gasteiger partial charge >= 0.3 is 0 Å². The van der Waals surface area contributed by atoms with Gasteiger partial charge in [0.1, 0.15) is 5.75 Å². The quantitative estimate of drug-likeness (QED) is 0.794. The maximum absolute atomic E-state index is 11.8. The first-order valence-electron chi connectivity index (χ1n) is 6.94. The van der Waals surface area contributed by atoms with E-state index < -0.39 is 0 Å². The molecule has 0 aromatic heterocycles. The van der Waals surface area contributed by atoms with Crippen molar-refractivity contribution in [2.45, 2.75) is 45.3 Å². The minimum atomic E-state index is 0.0213. The summed E-state index contributed by atoms with van der Waals surface area (Å²) in [4.78, 5) is 11.8. The van der Waals surface area contributed by atoms with E-state index in [1.807, 2.05) is 38.1 Å². The smallest absolute Gasteiger partial charge is 0.225 e. The van der Waals surface area contributed by atoms with E-state index >= 15 is 0 Å². The van der Waals surface area contributed by atoms with Crippen molar-refractivity contribution in [3.8, 4) is 5.75 Å². The third kappa shape index (κ3) is 4.91. The number of hydrogen-bond acceptors (Lipinski definition) is 3. The van der Waals surface area contributed by atoms with Crippen molar-refractivity contribution < 1.29 is 9.53 Å². The molecule has 1 aromatic carbocycles. The summed E-state index contributed by atoms with van der Waals surface area (Å²) in [5.74, 6) is 0.744. The molecule has 2 rings (SSSR count). The van der Waals surface area contributed by atoms with Gasteiger partial charge < -0.3 is 15.4 Å². The highest BCUT2D eigenvalue weighted by molar-refractivity contribution is 5.92. The SMILES string of the molecule is CC(C)Oc1ccccc1NC(=O)CCNC1CC1. The number of nitrogens with one attached hydrogen (secondary N) is 2. The number of para-hydroxylation sites is 2. The monoisotopic (exact) mass is 262 g/mol. The Morgan fingerprint density at radius 1 is 1.37 bits per heavy atom. The molecular formula is C15H22N2O2. The Kier molecular flexibility index (Phi) is 4.80. The molecule has 2 N–H and O–H groups in total. The summed E-state index contributed by atoms with van der Waals surface area (Å²) < 4.78 is 5.67. The summed E-state index contributed by atoms with van der Waals surface area (Å²) in [5, 5.41) is 6.23. The molecule has 1 amide bonds. The Balaban J connectivity index is 1.84. The molecule has 1 fully saturated rings. The number of rotatable bonds is 7. The van der Waals surface area contributed by atoms with Crippen LogP contribution in [-0.4, -0.2) is 24.6 Å². The van der Waals surface area contributed by atoms with Crippen LogP contribution in [0.3, 0.4) is 0 Å². The topological polar surface area (TPSA) is 50.4 Å². The molecule has 4 nitrogen and oxygen atoms in total. The van der Waals surface area contributed by atoms with Crippen LogP contribution in [0.5, 0.6) is 5.75 Å². The van der Waals surface area contributed by atoms with Crippen LogP contribution >= 0.6 is 0 Å². The minimum Gasteiger partial charge on any atom is -0.489 e. The summed E-state index contributed by atoms with van der Waals surface area (Å²) in [6.07, 6.45) is 3.07. The molecule has 0 unspecified atom stereocenters. The van der Waals surface area contributed by atoms with E-state index in [0.717, 1.165) is 18.0 Å². The van der Waals surface area contributed by atoms with Crippen LogP contribution in [-0.2, 0) is 4.79 Å². The van der Waals surface area contributed by atoms with Gasteiger partial charge in [-0.05, 0) is 38.8 Å². The molecule has 19 heavy (non-hydrogen) atoms. The van der Waals surface area contributed by atoms with Crippen molar-refractivity contribution in [1.82, 2.24) is 5.32 Å². The molecule has 0 atom stereocenters. The van der Waals surface area contributed by atoms with Crippen molar-refractivity contribution in [2.75, 3.05) is 11.9 Å². The number of anilines is 1. The van der Waals surface area contributed by atoms with Crippen LogP contribution < -0.4 is 15.4 Å². The molecular weight excluding hydrogens is 240 g/mol. The van der Waals surface area contributed by atoms with E-state index in [1.54, 1.807) is 0 Å². The lowest BCUT2D eigenvalue weighted by Crippen LogP contribution is -2.23. The zero-order valence-electron chi connectivity index (χ0n) is 11.6. The molecule has 0 heterocycles. The normalized spacial score (nSPS) is 14.5. The second-order valence-corrected chi connectivity index (χ2v) is 5.19. The molecule has 104 valence electrons. The Morgan fingerprint density at radius 2 is 2.11 bits per heavy atom. The third-order valence-electron chi connectivity index (χ3n) is 2.89. The first-order valence-corrected chi connectivity index (χ1v) is 6.94. The summed E-state index contributed by atoms with van der Waals surface area (Å²) in [7, 11) is 0. The lowest BCUT2D eigenvalue weighted by atomic mass is 10.2. The zero-order valence-corrected chi connectivity index (χ0v) is 11.6. The zero-order chi connectivity index (χ0) is 13.7.